The van der Waals surface area contributed by atoms with Crippen LogP contribution in [0.3, 0.4) is 0 Å². The third-order valence-corrected chi connectivity index (χ3v) is 3.85. The van der Waals surface area contributed by atoms with E-state index in [-0.39, 0.29) is 17.7 Å². The van der Waals surface area contributed by atoms with E-state index in [0.29, 0.717) is 26.1 Å². The summed E-state index contributed by atoms with van der Waals surface area (Å²) in [7, 11) is 0. The lowest BCUT2D eigenvalue weighted by atomic mass is 9.94. The molecular weight excluding hydrogens is 248 g/mol. The maximum atomic E-state index is 12.1. The first-order valence-corrected chi connectivity index (χ1v) is 6.79. The second-order valence-electron chi connectivity index (χ2n) is 6.02. The maximum Gasteiger partial charge on any atom is 0.317 e. The fraction of sp³-hybridized carbons (Fsp3) is 0.846. The van der Waals surface area contributed by atoms with Gasteiger partial charge in [-0.2, -0.15) is 0 Å². The average molecular weight is 270 g/mol. The minimum Gasteiger partial charge on any atom is -0.481 e. The van der Waals surface area contributed by atoms with Crippen molar-refractivity contribution in [3.05, 3.63) is 0 Å². The highest BCUT2D eigenvalue weighted by Gasteiger charge is 2.34. The van der Waals surface area contributed by atoms with E-state index in [1.165, 1.54) is 0 Å². The molecule has 2 aliphatic rings. The molecule has 2 N–H and O–H groups in total. The van der Waals surface area contributed by atoms with Gasteiger partial charge in [0.05, 0.1) is 11.5 Å². The van der Waals surface area contributed by atoms with Crippen molar-refractivity contribution in [2.24, 2.45) is 5.92 Å². The van der Waals surface area contributed by atoms with E-state index in [4.69, 9.17) is 9.84 Å². The van der Waals surface area contributed by atoms with Crippen LogP contribution < -0.4 is 5.32 Å². The van der Waals surface area contributed by atoms with Crippen molar-refractivity contribution in [1.29, 1.82) is 0 Å². The van der Waals surface area contributed by atoms with E-state index < -0.39 is 11.9 Å². The monoisotopic (exact) mass is 270 g/mol. The molecule has 0 aromatic rings. The summed E-state index contributed by atoms with van der Waals surface area (Å²) < 4.78 is 5.61. The third kappa shape index (κ3) is 3.59. The Morgan fingerprint density at radius 1 is 1.37 bits per heavy atom. The predicted octanol–water partition coefficient (Wildman–Crippen LogP) is 1.06. The molecule has 2 heterocycles. The molecule has 0 aliphatic carbocycles. The van der Waals surface area contributed by atoms with E-state index in [1.807, 2.05) is 13.8 Å². The molecular formula is C13H22N2O4. The van der Waals surface area contributed by atoms with Gasteiger partial charge in [-0.05, 0) is 33.1 Å². The molecule has 0 aromatic heterocycles. The van der Waals surface area contributed by atoms with E-state index in [2.05, 4.69) is 5.32 Å². The summed E-state index contributed by atoms with van der Waals surface area (Å²) in [6.07, 6.45) is 2.14. The topological polar surface area (TPSA) is 78.9 Å². The Morgan fingerprint density at radius 2 is 2.11 bits per heavy atom. The number of carbonyl (C=O) groups excluding carboxylic acids is 1. The van der Waals surface area contributed by atoms with Gasteiger partial charge in [0.1, 0.15) is 0 Å². The van der Waals surface area contributed by atoms with Crippen molar-refractivity contribution in [1.82, 2.24) is 10.2 Å². The standard InChI is InChI=1S/C13H22N2O4/c1-13(2)7-10(4-6-19-13)14-12(18)15-5-3-9(8-15)11(16)17/h9-10H,3-8H2,1-2H3,(H,14,18)(H,16,17). The van der Waals surface area contributed by atoms with Crippen molar-refractivity contribution in [2.75, 3.05) is 19.7 Å². The predicted molar refractivity (Wildman–Crippen MR) is 68.9 cm³/mol. The molecule has 0 bridgehead atoms. The zero-order chi connectivity index (χ0) is 14.0. The highest BCUT2D eigenvalue weighted by Crippen LogP contribution is 2.24. The number of nitrogens with zero attached hydrogens (tertiary/aromatic N) is 1. The van der Waals surface area contributed by atoms with Gasteiger partial charge in [-0.3, -0.25) is 4.79 Å². The zero-order valence-electron chi connectivity index (χ0n) is 11.5. The number of hydrogen-bond donors (Lipinski definition) is 2. The summed E-state index contributed by atoms with van der Waals surface area (Å²) in [5, 5.41) is 11.9. The Hall–Kier alpha value is -1.30. The Labute approximate surface area is 113 Å². The van der Waals surface area contributed by atoms with Crippen LogP contribution in [0.2, 0.25) is 0 Å². The number of carbonyl (C=O) groups is 2. The van der Waals surface area contributed by atoms with E-state index >= 15 is 0 Å². The van der Waals surface area contributed by atoms with Crippen LogP contribution in [-0.2, 0) is 9.53 Å². The molecule has 2 rings (SSSR count). The Balaban J connectivity index is 1.83. The molecule has 108 valence electrons. The summed E-state index contributed by atoms with van der Waals surface area (Å²) in [5.74, 6) is -1.24. The fourth-order valence-corrected chi connectivity index (χ4v) is 2.77. The number of nitrogens with one attached hydrogen (secondary N) is 1. The van der Waals surface area contributed by atoms with Crippen LogP contribution in [0.15, 0.2) is 0 Å². The van der Waals surface area contributed by atoms with Crippen molar-refractivity contribution in [3.8, 4) is 0 Å². The summed E-state index contributed by atoms with van der Waals surface area (Å²) >= 11 is 0. The number of aliphatic carboxylic acids is 1. The van der Waals surface area contributed by atoms with Crippen LogP contribution in [0, 0.1) is 5.92 Å². The first-order valence-electron chi connectivity index (χ1n) is 6.79. The molecule has 2 atom stereocenters. The van der Waals surface area contributed by atoms with Crippen molar-refractivity contribution < 1.29 is 19.4 Å². The highest BCUT2D eigenvalue weighted by molar-refractivity contribution is 5.77. The molecule has 6 nitrogen and oxygen atoms in total. The van der Waals surface area contributed by atoms with E-state index in [1.54, 1.807) is 4.90 Å². The number of carboxylic acids is 1. The van der Waals surface area contributed by atoms with Crippen LogP contribution in [0.5, 0.6) is 0 Å². The fourth-order valence-electron chi connectivity index (χ4n) is 2.77. The number of likely N-dealkylation sites (tertiary alicyclic amines) is 1. The molecule has 0 aromatic carbocycles. The minimum absolute atomic E-state index is 0.111. The molecule has 2 unspecified atom stereocenters. The van der Waals surface area contributed by atoms with Crippen molar-refractivity contribution >= 4 is 12.0 Å². The largest absolute Gasteiger partial charge is 0.481 e. The first kappa shape index (κ1) is 14.1. The number of hydrogen-bond acceptors (Lipinski definition) is 3. The normalized spacial score (nSPS) is 30.1. The van der Waals surface area contributed by atoms with Crippen LogP contribution in [0.4, 0.5) is 4.79 Å². The van der Waals surface area contributed by atoms with Crippen molar-refractivity contribution in [2.45, 2.75) is 44.8 Å². The van der Waals surface area contributed by atoms with Gasteiger partial charge in [0, 0.05) is 25.7 Å². The molecule has 2 amide bonds. The van der Waals surface area contributed by atoms with Gasteiger partial charge >= 0.3 is 12.0 Å². The van der Waals surface area contributed by atoms with Crippen LogP contribution in [-0.4, -0.2) is 53.3 Å². The Kier molecular flexibility index (Phi) is 3.99. The molecule has 2 aliphatic heterocycles. The summed E-state index contributed by atoms with van der Waals surface area (Å²) in [5.41, 5.74) is -0.204. The van der Waals surface area contributed by atoms with Crippen molar-refractivity contribution in [3.63, 3.8) is 0 Å². The highest BCUT2D eigenvalue weighted by atomic mass is 16.5. The van der Waals surface area contributed by atoms with Gasteiger partial charge in [0.2, 0.25) is 0 Å². The number of carboxylic acid groups (broad SMARTS) is 1. The summed E-state index contributed by atoms with van der Waals surface area (Å²) in [6.45, 7) is 5.52. The SMILES string of the molecule is CC1(C)CC(NC(=O)N2CCC(C(=O)O)C2)CCO1. The number of amides is 2. The van der Waals surface area contributed by atoms with Gasteiger partial charge in [-0.15, -0.1) is 0 Å². The zero-order valence-corrected chi connectivity index (χ0v) is 11.5. The van der Waals surface area contributed by atoms with Gasteiger partial charge in [0.15, 0.2) is 0 Å². The summed E-state index contributed by atoms with van der Waals surface area (Å²) in [6, 6.07) is -0.0356. The molecule has 6 heteroatoms. The lowest BCUT2D eigenvalue weighted by Gasteiger charge is -2.36. The number of urea groups is 1. The lowest BCUT2D eigenvalue weighted by molar-refractivity contribution is -0.141. The average Bonchev–Trinajstić information content (AvgIpc) is 2.76. The first-order chi connectivity index (χ1) is 8.87. The van der Waals surface area contributed by atoms with Crippen LogP contribution in [0.25, 0.3) is 0 Å². The molecule has 0 spiro atoms. The van der Waals surface area contributed by atoms with E-state index in [0.717, 1.165) is 12.8 Å². The van der Waals surface area contributed by atoms with Gasteiger partial charge in [-0.25, -0.2) is 4.79 Å². The molecule has 2 saturated heterocycles. The second-order valence-corrected chi connectivity index (χ2v) is 6.02. The number of rotatable bonds is 2. The van der Waals surface area contributed by atoms with Gasteiger partial charge in [0.25, 0.3) is 0 Å². The van der Waals surface area contributed by atoms with Gasteiger partial charge in [-0.1, -0.05) is 0 Å². The molecule has 0 radical (unpaired) electrons. The smallest absolute Gasteiger partial charge is 0.317 e. The number of ether oxygens (including phenoxy) is 1. The quantitative estimate of drug-likeness (QED) is 0.786. The second kappa shape index (κ2) is 5.36. The summed E-state index contributed by atoms with van der Waals surface area (Å²) in [4.78, 5) is 24.5. The maximum absolute atomic E-state index is 12.1. The Morgan fingerprint density at radius 3 is 2.68 bits per heavy atom. The van der Waals surface area contributed by atoms with Gasteiger partial charge < -0.3 is 20.1 Å². The minimum atomic E-state index is -0.817. The molecule has 19 heavy (non-hydrogen) atoms. The van der Waals surface area contributed by atoms with Crippen LogP contribution in [0.1, 0.15) is 33.1 Å². The van der Waals surface area contributed by atoms with Crippen LogP contribution >= 0.6 is 0 Å². The Bertz CT molecular complexity index is 370. The molecule has 0 saturated carbocycles. The third-order valence-electron chi connectivity index (χ3n) is 3.85. The lowest BCUT2D eigenvalue weighted by Crippen LogP contribution is -2.49. The molecule has 2 fully saturated rings. The van der Waals surface area contributed by atoms with E-state index in [9.17, 15) is 9.59 Å².